The van der Waals surface area contributed by atoms with Gasteiger partial charge in [0.2, 0.25) is 17.7 Å². The number of likely N-dealkylation sites (tertiary alicyclic amines) is 1. The number of carboxylic acid groups (broad SMARTS) is 3. The van der Waals surface area contributed by atoms with Crippen molar-refractivity contribution in [3.8, 4) is 0 Å². The Morgan fingerprint density at radius 3 is 1.51 bits per heavy atom. The van der Waals surface area contributed by atoms with E-state index < -0.39 is 30.0 Å². The minimum Gasteiger partial charge on any atom is -0.481 e. The number of nitrogens with zero attached hydrogens (tertiary/aromatic N) is 1. The lowest BCUT2D eigenvalue weighted by atomic mass is 9.95. The molecule has 1 rings (SSSR count). The number of piperidine rings is 1. The SMILES string of the molecule is O=C(O)CCCCCCCCCCCCCCCCCCC(=O)N1CCC(C(=O)NC(CCC(=O)NCCCCC(NS)C(=O)O)C(=O)O)CC1. The number of carbonyl (C=O) groups excluding carboxylic acids is 3. The Morgan fingerprint density at radius 2 is 1.06 bits per heavy atom. The number of thiol groups is 1. The second-order valence-corrected chi connectivity index (χ2v) is 14.3. The summed E-state index contributed by atoms with van der Waals surface area (Å²) in [6.45, 7) is 1.29. The molecule has 13 nitrogen and oxygen atoms in total. The largest absolute Gasteiger partial charge is 0.481 e. The summed E-state index contributed by atoms with van der Waals surface area (Å²) in [6.07, 6.45) is 21.8. The summed E-state index contributed by atoms with van der Waals surface area (Å²) in [7, 11) is 0. The van der Waals surface area contributed by atoms with Crippen LogP contribution in [-0.4, -0.2) is 87.6 Å². The van der Waals surface area contributed by atoms with Crippen LogP contribution in [0.15, 0.2) is 0 Å². The molecule has 14 heteroatoms. The smallest absolute Gasteiger partial charge is 0.326 e. The number of rotatable bonds is 32. The topological polar surface area (TPSA) is 202 Å². The van der Waals surface area contributed by atoms with Gasteiger partial charge < -0.3 is 30.9 Å². The maximum atomic E-state index is 12.8. The maximum absolute atomic E-state index is 12.8. The van der Waals surface area contributed by atoms with E-state index in [0.717, 1.165) is 38.5 Å². The second-order valence-electron chi connectivity index (χ2n) is 14.0. The second kappa shape index (κ2) is 29.7. The van der Waals surface area contributed by atoms with Crippen molar-refractivity contribution >= 4 is 48.4 Å². The van der Waals surface area contributed by atoms with Gasteiger partial charge in [-0.25, -0.2) is 4.79 Å². The number of nitrogens with one attached hydrogen (secondary N) is 3. The summed E-state index contributed by atoms with van der Waals surface area (Å²) >= 11 is 3.79. The van der Waals surface area contributed by atoms with Crippen LogP contribution in [0.2, 0.25) is 0 Å². The fraction of sp³-hybridized carbons (Fsp3) is 0.838. The van der Waals surface area contributed by atoms with E-state index in [0.29, 0.717) is 64.6 Å². The molecule has 0 aromatic carbocycles. The van der Waals surface area contributed by atoms with E-state index in [1.54, 1.807) is 0 Å². The average molecular weight is 743 g/mol. The van der Waals surface area contributed by atoms with Gasteiger partial charge in [-0.2, -0.15) is 0 Å². The zero-order valence-electron chi connectivity index (χ0n) is 30.7. The molecule has 3 amide bonds. The number of carbonyl (C=O) groups is 6. The van der Waals surface area contributed by atoms with Gasteiger partial charge in [0, 0.05) is 44.8 Å². The molecule has 2 atom stereocenters. The van der Waals surface area contributed by atoms with Crippen LogP contribution >= 0.6 is 12.8 Å². The molecule has 1 aliphatic rings. The highest BCUT2D eigenvalue weighted by atomic mass is 32.1. The number of amides is 3. The molecule has 0 aromatic heterocycles. The third-order valence-electron chi connectivity index (χ3n) is 9.72. The van der Waals surface area contributed by atoms with Gasteiger partial charge in [0.1, 0.15) is 12.1 Å². The highest BCUT2D eigenvalue weighted by Crippen LogP contribution is 2.20. The molecule has 2 unspecified atom stereocenters. The molecule has 6 N–H and O–H groups in total. The van der Waals surface area contributed by atoms with Crippen molar-refractivity contribution in [3.05, 3.63) is 0 Å². The van der Waals surface area contributed by atoms with Crippen LogP contribution in [0, 0.1) is 5.92 Å². The zero-order valence-corrected chi connectivity index (χ0v) is 31.6. The summed E-state index contributed by atoms with van der Waals surface area (Å²) < 4.78 is 2.41. The molecule has 294 valence electrons. The van der Waals surface area contributed by atoms with Gasteiger partial charge >= 0.3 is 17.9 Å². The number of hydrogen-bond donors (Lipinski definition) is 7. The summed E-state index contributed by atoms with van der Waals surface area (Å²) in [5.74, 6) is -3.86. The Morgan fingerprint density at radius 1 is 0.588 bits per heavy atom. The molecular weight excluding hydrogens is 676 g/mol. The summed E-state index contributed by atoms with van der Waals surface area (Å²) in [4.78, 5) is 72.8. The quantitative estimate of drug-likeness (QED) is 0.0324. The molecule has 0 radical (unpaired) electrons. The van der Waals surface area contributed by atoms with Crippen LogP contribution in [0.25, 0.3) is 0 Å². The fourth-order valence-corrected chi connectivity index (χ4v) is 6.67. The predicted molar refractivity (Wildman–Crippen MR) is 199 cm³/mol. The zero-order chi connectivity index (χ0) is 37.7. The molecule has 0 aliphatic carbocycles. The van der Waals surface area contributed by atoms with Crippen LogP contribution in [0.4, 0.5) is 0 Å². The Kier molecular flexibility index (Phi) is 26.9. The van der Waals surface area contributed by atoms with Gasteiger partial charge in [-0.3, -0.25) is 28.7 Å². The molecule has 51 heavy (non-hydrogen) atoms. The highest BCUT2D eigenvalue weighted by molar-refractivity contribution is 7.78. The van der Waals surface area contributed by atoms with Crippen molar-refractivity contribution in [1.29, 1.82) is 0 Å². The number of hydrogen-bond acceptors (Lipinski definition) is 8. The van der Waals surface area contributed by atoms with Crippen LogP contribution < -0.4 is 15.4 Å². The van der Waals surface area contributed by atoms with E-state index in [4.69, 9.17) is 10.2 Å². The van der Waals surface area contributed by atoms with E-state index in [1.165, 1.54) is 64.2 Å². The molecule has 0 saturated carbocycles. The first-order valence-corrected chi connectivity index (χ1v) is 19.9. The number of carboxylic acids is 3. The van der Waals surface area contributed by atoms with Gasteiger partial charge in [0.05, 0.1) is 0 Å². The minimum atomic E-state index is -1.20. The van der Waals surface area contributed by atoms with Crippen LogP contribution in [0.3, 0.4) is 0 Å². The Balaban J connectivity index is 2.07. The van der Waals surface area contributed by atoms with Crippen molar-refractivity contribution in [1.82, 2.24) is 20.3 Å². The van der Waals surface area contributed by atoms with Gasteiger partial charge in [-0.05, 0) is 51.4 Å². The third-order valence-corrected chi connectivity index (χ3v) is 10.0. The van der Waals surface area contributed by atoms with Crippen LogP contribution in [0.1, 0.15) is 161 Å². The number of aliphatic carboxylic acids is 3. The standard InChI is InChI=1S/C37H66N4O9S/c42-32(38-26-18-17-19-31(40-51)37(49)50)23-22-30(36(47)48)39-35(46)29-24-27-41(28-25-29)33(43)20-15-13-11-9-7-5-3-1-2-4-6-8-10-12-14-16-21-34(44)45/h29-31,40,51H,1-28H2,(H,38,42)(H,39,46)(H,44,45)(H,47,48)(H,49,50). The molecule has 1 heterocycles. The van der Waals surface area contributed by atoms with E-state index in [9.17, 15) is 33.9 Å². The summed E-state index contributed by atoms with van der Waals surface area (Å²) in [5.41, 5.74) is 0. The molecule has 1 aliphatic heterocycles. The molecule has 0 aromatic rings. The normalized spacial score (nSPS) is 14.5. The molecule has 1 fully saturated rings. The predicted octanol–water partition coefficient (Wildman–Crippen LogP) is 5.86. The van der Waals surface area contributed by atoms with Crippen molar-refractivity contribution in [2.75, 3.05) is 19.6 Å². The summed E-state index contributed by atoms with van der Waals surface area (Å²) in [5, 5.41) is 32.5. The molecular formula is C37H66N4O9S. The first kappa shape index (κ1) is 46.2. The van der Waals surface area contributed by atoms with Gasteiger partial charge in [-0.15, -0.1) is 0 Å². The lowest BCUT2D eigenvalue weighted by Crippen LogP contribution is -2.47. The van der Waals surface area contributed by atoms with Crippen molar-refractivity contribution < 1.29 is 44.1 Å². The highest BCUT2D eigenvalue weighted by Gasteiger charge is 2.30. The molecule has 1 saturated heterocycles. The van der Waals surface area contributed by atoms with E-state index >= 15 is 0 Å². The number of unbranched alkanes of at least 4 members (excludes halogenated alkanes) is 16. The third kappa shape index (κ3) is 24.1. The monoisotopic (exact) mass is 742 g/mol. The van der Waals surface area contributed by atoms with Gasteiger partial charge in [-0.1, -0.05) is 103 Å². The Bertz CT molecular complexity index is 1020. The average Bonchev–Trinajstić information content (AvgIpc) is 3.10. The van der Waals surface area contributed by atoms with E-state index in [2.05, 4.69) is 28.2 Å². The Hall–Kier alpha value is -2.87. The minimum absolute atomic E-state index is 0.0449. The fourth-order valence-electron chi connectivity index (χ4n) is 6.43. The lowest BCUT2D eigenvalue weighted by molar-refractivity contribution is -0.143. The maximum Gasteiger partial charge on any atom is 0.326 e. The van der Waals surface area contributed by atoms with E-state index in [1.807, 2.05) is 4.90 Å². The first-order valence-electron chi connectivity index (χ1n) is 19.5. The van der Waals surface area contributed by atoms with Crippen LogP contribution in [0.5, 0.6) is 0 Å². The van der Waals surface area contributed by atoms with Gasteiger partial charge in [0.25, 0.3) is 0 Å². The summed E-state index contributed by atoms with van der Waals surface area (Å²) in [6, 6.07) is -1.95. The molecule has 0 bridgehead atoms. The lowest BCUT2D eigenvalue weighted by Gasteiger charge is -2.32. The first-order chi connectivity index (χ1) is 24.5. The van der Waals surface area contributed by atoms with Crippen molar-refractivity contribution in [2.24, 2.45) is 5.92 Å². The van der Waals surface area contributed by atoms with Crippen molar-refractivity contribution in [3.63, 3.8) is 0 Å². The van der Waals surface area contributed by atoms with Gasteiger partial charge in [0.15, 0.2) is 0 Å². The Labute approximate surface area is 310 Å². The molecule has 0 spiro atoms. The van der Waals surface area contributed by atoms with Crippen LogP contribution in [-0.2, 0) is 28.8 Å². The van der Waals surface area contributed by atoms with E-state index in [-0.39, 0.29) is 36.5 Å². The van der Waals surface area contributed by atoms with Crippen molar-refractivity contribution in [2.45, 2.75) is 173 Å².